The van der Waals surface area contributed by atoms with Crippen LogP contribution in [0.2, 0.25) is 0 Å². The highest BCUT2D eigenvalue weighted by atomic mass is 16.5. The quantitative estimate of drug-likeness (QED) is 0.719. The molecule has 2 heterocycles. The smallest absolute Gasteiger partial charge is 0.0830 e. The SMILES string of the molecule is C[C@@H]1CNC[C@@H](CN2CCN(C)C[C@H]2C)O1. The standard InChI is InChI=1S/C12H25N3O/c1-10-8-14(3)4-5-15(10)9-12-7-13-6-11(2)16-12/h10-13H,4-9H2,1-3H3/t10-,11-,12+/m1/s1. The van der Waals surface area contributed by atoms with Crippen molar-refractivity contribution in [1.29, 1.82) is 0 Å². The molecule has 2 rings (SSSR count). The van der Waals surface area contributed by atoms with Gasteiger partial charge in [-0.15, -0.1) is 0 Å². The van der Waals surface area contributed by atoms with Crippen molar-refractivity contribution in [1.82, 2.24) is 15.1 Å². The van der Waals surface area contributed by atoms with Gasteiger partial charge in [0.1, 0.15) is 0 Å². The number of hydrogen-bond donors (Lipinski definition) is 1. The zero-order valence-corrected chi connectivity index (χ0v) is 10.8. The third-order valence-corrected chi connectivity index (χ3v) is 3.63. The highest BCUT2D eigenvalue weighted by molar-refractivity contribution is 4.82. The zero-order chi connectivity index (χ0) is 11.5. The lowest BCUT2D eigenvalue weighted by atomic mass is 10.1. The minimum Gasteiger partial charge on any atom is -0.371 e. The van der Waals surface area contributed by atoms with Gasteiger partial charge in [0.15, 0.2) is 0 Å². The Hall–Kier alpha value is -0.160. The second-order valence-corrected chi connectivity index (χ2v) is 5.33. The maximum absolute atomic E-state index is 5.95. The molecule has 0 aromatic carbocycles. The summed E-state index contributed by atoms with van der Waals surface area (Å²) in [5.74, 6) is 0. The maximum Gasteiger partial charge on any atom is 0.0830 e. The lowest BCUT2D eigenvalue weighted by Crippen LogP contribution is -2.55. The Labute approximate surface area is 98.9 Å². The normalized spacial score (nSPS) is 38.8. The fraction of sp³-hybridized carbons (Fsp3) is 1.00. The van der Waals surface area contributed by atoms with Gasteiger partial charge in [-0.3, -0.25) is 4.90 Å². The highest BCUT2D eigenvalue weighted by Gasteiger charge is 2.26. The Morgan fingerprint density at radius 3 is 2.75 bits per heavy atom. The first-order valence-electron chi connectivity index (χ1n) is 6.44. The molecule has 3 atom stereocenters. The number of nitrogens with zero attached hydrogens (tertiary/aromatic N) is 2. The molecule has 2 fully saturated rings. The highest BCUT2D eigenvalue weighted by Crippen LogP contribution is 2.11. The van der Waals surface area contributed by atoms with Gasteiger partial charge in [0.25, 0.3) is 0 Å². The molecule has 2 saturated heterocycles. The number of morpholine rings is 1. The molecule has 94 valence electrons. The first-order valence-corrected chi connectivity index (χ1v) is 6.44. The maximum atomic E-state index is 5.95. The predicted molar refractivity (Wildman–Crippen MR) is 65.7 cm³/mol. The van der Waals surface area contributed by atoms with E-state index in [-0.39, 0.29) is 0 Å². The van der Waals surface area contributed by atoms with Crippen LogP contribution in [-0.4, -0.2) is 74.4 Å². The van der Waals surface area contributed by atoms with Gasteiger partial charge in [0.05, 0.1) is 12.2 Å². The summed E-state index contributed by atoms with van der Waals surface area (Å²) in [4.78, 5) is 4.97. The molecule has 0 bridgehead atoms. The van der Waals surface area contributed by atoms with E-state index in [0.29, 0.717) is 18.2 Å². The van der Waals surface area contributed by atoms with E-state index in [2.05, 4.69) is 36.0 Å². The molecule has 0 spiro atoms. The number of likely N-dealkylation sites (N-methyl/N-ethyl adjacent to an activating group) is 1. The van der Waals surface area contributed by atoms with E-state index in [1.54, 1.807) is 0 Å². The molecule has 0 aromatic heterocycles. The molecule has 4 heteroatoms. The van der Waals surface area contributed by atoms with Crippen molar-refractivity contribution in [3.63, 3.8) is 0 Å². The lowest BCUT2D eigenvalue weighted by molar-refractivity contribution is -0.0538. The van der Waals surface area contributed by atoms with Gasteiger partial charge in [-0.05, 0) is 20.9 Å². The van der Waals surface area contributed by atoms with Crippen molar-refractivity contribution in [3.8, 4) is 0 Å². The summed E-state index contributed by atoms with van der Waals surface area (Å²) in [5, 5.41) is 3.44. The molecular formula is C12H25N3O. The number of nitrogens with one attached hydrogen (secondary N) is 1. The largest absolute Gasteiger partial charge is 0.371 e. The van der Waals surface area contributed by atoms with E-state index in [1.165, 1.54) is 19.6 Å². The van der Waals surface area contributed by atoms with Gasteiger partial charge in [0.2, 0.25) is 0 Å². The molecule has 0 radical (unpaired) electrons. The summed E-state index contributed by atoms with van der Waals surface area (Å²) in [5.41, 5.74) is 0. The van der Waals surface area contributed by atoms with Crippen LogP contribution in [0.25, 0.3) is 0 Å². The average molecular weight is 227 g/mol. The monoisotopic (exact) mass is 227 g/mol. The number of ether oxygens (including phenoxy) is 1. The van der Waals surface area contributed by atoms with Crippen LogP contribution in [0.1, 0.15) is 13.8 Å². The summed E-state index contributed by atoms with van der Waals surface area (Å²) in [6.07, 6.45) is 0.733. The van der Waals surface area contributed by atoms with Gasteiger partial charge in [-0.1, -0.05) is 0 Å². The number of piperazine rings is 1. The third kappa shape index (κ3) is 3.17. The topological polar surface area (TPSA) is 27.7 Å². The summed E-state index contributed by atoms with van der Waals surface area (Å²) in [7, 11) is 2.20. The molecule has 4 nitrogen and oxygen atoms in total. The van der Waals surface area contributed by atoms with Crippen LogP contribution in [-0.2, 0) is 4.74 Å². The summed E-state index contributed by atoms with van der Waals surface area (Å²) >= 11 is 0. The van der Waals surface area contributed by atoms with E-state index in [4.69, 9.17) is 4.74 Å². The van der Waals surface area contributed by atoms with E-state index in [0.717, 1.165) is 19.6 Å². The Morgan fingerprint density at radius 1 is 1.25 bits per heavy atom. The van der Waals surface area contributed by atoms with Crippen LogP contribution in [0.3, 0.4) is 0 Å². The zero-order valence-electron chi connectivity index (χ0n) is 10.8. The van der Waals surface area contributed by atoms with Gasteiger partial charge in [-0.2, -0.15) is 0 Å². The summed E-state index contributed by atoms with van der Waals surface area (Å²) in [6, 6.07) is 0.652. The molecule has 0 saturated carbocycles. The van der Waals surface area contributed by atoms with Crippen molar-refractivity contribution in [2.75, 3.05) is 46.3 Å². The average Bonchev–Trinajstić information content (AvgIpc) is 2.22. The van der Waals surface area contributed by atoms with Crippen LogP contribution in [0, 0.1) is 0 Å². The second kappa shape index (κ2) is 5.45. The van der Waals surface area contributed by atoms with Gasteiger partial charge in [0, 0.05) is 45.3 Å². The molecule has 16 heavy (non-hydrogen) atoms. The summed E-state index contributed by atoms with van der Waals surface area (Å²) < 4.78 is 5.95. The molecule has 2 aliphatic heterocycles. The lowest BCUT2D eigenvalue weighted by Gasteiger charge is -2.41. The molecule has 2 aliphatic rings. The van der Waals surface area contributed by atoms with Crippen molar-refractivity contribution in [2.24, 2.45) is 0 Å². The number of hydrogen-bond acceptors (Lipinski definition) is 4. The molecule has 0 aliphatic carbocycles. The fourth-order valence-electron chi connectivity index (χ4n) is 2.69. The predicted octanol–water partition coefficient (Wildman–Crippen LogP) is -0.000800. The summed E-state index contributed by atoms with van der Waals surface area (Å²) in [6.45, 7) is 11.1. The van der Waals surface area contributed by atoms with Crippen molar-refractivity contribution >= 4 is 0 Å². The van der Waals surface area contributed by atoms with Gasteiger partial charge < -0.3 is 15.0 Å². The Morgan fingerprint density at radius 2 is 2.06 bits per heavy atom. The van der Waals surface area contributed by atoms with Crippen LogP contribution in [0.5, 0.6) is 0 Å². The molecule has 0 amide bonds. The van der Waals surface area contributed by atoms with Crippen LogP contribution >= 0.6 is 0 Å². The van der Waals surface area contributed by atoms with Crippen molar-refractivity contribution in [3.05, 3.63) is 0 Å². The van der Waals surface area contributed by atoms with E-state index in [9.17, 15) is 0 Å². The Balaban J connectivity index is 1.80. The van der Waals surface area contributed by atoms with Crippen molar-refractivity contribution < 1.29 is 4.74 Å². The van der Waals surface area contributed by atoms with E-state index < -0.39 is 0 Å². The Bertz CT molecular complexity index is 224. The van der Waals surface area contributed by atoms with Crippen LogP contribution in [0.15, 0.2) is 0 Å². The molecule has 0 unspecified atom stereocenters. The number of rotatable bonds is 2. The minimum absolute atomic E-state index is 0.363. The van der Waals surface area contributed by atoms with E-state index in [1.807, 2.05) is 0 Å². The Kier molecular flexibility index (Phi) is 4.19. The van der Waals surface area contributed by atoms with E-state index >= 15 is 0 Å². The van der Waals surface area contributed by atoms with Crippen LogP contribution < -0.4 is 5.32 Å². The van der Waals surface area contributed by atoms with Crippen molar-refractivity contribution in [2.45, 2.75) is 32.1 Å². The molecule has 0 aromatic rings. The second-order valence-electron chi connectivity index (χ2n) is 5.33. The molecule has 1 N–H and O–H groups in total. The molecular weight excluding hydrogens is 202 g/mol. The minimum atomic E-state index is 0.363. The third-order valence-electron chi connectivity index (χ3n) is 3.63. The van der Waals surface area contributed by atoms with Gasteiger partial charge >= 0.3 is 0 Å². The fourth-order valence-corrected chi connectivity index (χ4v) is 2.69. The van der Waals surface area contributed by atoms with Crippen LogP contribution in [0.4, 0.5) is 0 Å². The van der Waals surface area contributed by atoms with Gasteiger partial charge in [-0.25, -0.2) is 0 Å². The first kappa shape index (κ1) is 12.3. The first-order chi connectivity index (χ1) is 7.65.